The van der Waals surface area contributed by atoms with E-state index in [-0.39, 0.29) is 17.1 Å². The maximum atomic E-state index is 13.8. The van der Waals surface area contributed by atoms with Crippen LogP contribution in [0, 0.1) is 5.92 Å². The lowest BCUT2D eigenvalue weighted by Gasteiger charge is -2.31. The highest BCUT2D eigenvalue weighted by atomic mass is 32.2. The van der Waals surface area contributed by atoms with Gasteiger partial charge in [0.05, 0.1) is 30.7 Å². The molecule has 9 heteroatoms. The average Bonchev–Trinajstić information content (AvgIpc) is 2.91. The number of allylic oxidation sites excluding steroid dienone is 3. The molecule has 0 saturated carbocycles. The molecule has 0 radical (unpaired) electrons. The summed E-state index contributed by atoms with van der Waals surface area (Å²) >= 11 is 1.49. The lowest BCUT2D eigenvalue weighted by molar-refractivity contribution is -0.153. The van der Waals surface area contributed by atoms with Gasteiger partial charge >= 0.3 is 11.9 Å². The van der Waals surface area contributed by atoms with Crippen molar-refractivity contribution >= 4 is 35.3 Å². The normalized spacial score (nSPS) is 22.4. The van der Waals surface area contributed by atoms with Gasteiger partial charge in [-0.05, 0) is 56.8 Å². The van der Waals surface area contributed by atoms with E-state index in [0.29, 0.717) is 30.8 Å². The SMILES string of the molecule is COC(=O)c1ccc2c(c1)N(CCN(C)C)C(=O)[C@H](OC(C)=O)[C@H](C1C=CC(OC)=CC1)S2. The van der Waals surface area contributed by atoms with Gasteiger partial charge in [-0.25, -0.2) is 4.79 Å². The van der Waals surface area contributed by atoms with E-state index in [4.69, 9.17) is 14.2 Å². The zero-order chi connectivity index (χ0) is 24.1. The van der Waals surface area contributed by atoms with Crippen molar-refractivity contribution in [3.63, 3.8) is 0 Å². The Morgan fingerprint density at radius 2 is 2.00 bits per heavy atom. The third-order valence-corrected chi connectivity index (χ3v) is 7.03. The molecule has 1 amide bonds. The fraction of sp³-hybridized carbons (Fsp3) is 0.458. The van der Waals surface area contributed by atoms with Crippen LogP contribution in [-0.2, 0) is 23.8 Å². The monoisotopic (exact) mass is 474 g/mol. The fourth-order valence-corrected chi connectivity index (χ4v) is 5.25. The predicted octanol–water partition coefficient (Wildman–Crippen LogP) is 2.88. The van der Waals surface area contributed by atoms with Crippen molar-refractivity contribution in [3.8, 4) is 0 Å². The molecule has 178 valence electrons. The molecular formula is C24H30N2O6S. The number of thioether (sulfide) groups is 1. The smallest absolute Gasteiger partial charge is 0.337 e. The second-order valence-electron chi connectivity index (χ2n) is 8.15. The molecule has 0 fully saturated rings. The van der Waals surface area contributed by atoms with E-state index in [1.54, 1.807) is 24.1 Å². The van der Waals surface area contributed by atoms with Crippen molar-refractivity contribution in [2.24, 2.45) is 5.92 Å². The Kier molecular flexibility index (Phi) is 8.20. The van der Waals surface area contributed by atoms with Crippen LogP contribution in [0.3, 0.4) is 0 Å². The minimum absolute atomic E-state index is 0.0517. The van der Waals surface area contributed by atoms with Crippen LogP contribution >= 0.6 is 11.8 Å². The number of carbonyl (C=O) groups excluding carboxylic acids is 3. The highest BCUT2D eigenvalue weighted by Gasteiger charge is 2.43. The number of rotatable bonds is 7. The zero-order valence-electron chi connectivity index (χ0n) is 19.6. The molecule has 8 nitrogen and oxygen atoms in total. The summed E-state index contributed by atoms with van der Waals surface area (Å²) in [4.78, 5) is 42.4. The van der Waals surface area contributed by atoms with Gasteiger partial charge in [0.2, 0.25) is 0 Å². The molecule has 1 unspecified atom stereocenters. The summed E-state index contributed by atoms with van der Waals surface area (Å²) in [6.45, 7) is 2.29. The van der Waals surface area contributed by atoms with Gasteiger partial charge in [-0.2, -0.15) is 0 Å². The van der Waals surface area contributed by atoms with Crippen LogP contribution in [-0.4, -0.2) is 75.5 Å². The van der Waals surface area contributed by atoms with E-state index >= 15 is 0 Å². The Labute approximate surface area is 198 Å². The van der Waals surface area contributed by atoms with E-state index in [1.807, 2.05) is 43.3 Å². The number of ether oxygens (including phenoxy) is 3. The predicted molar refractivity (Wildman–Crippen MR) is 126 cm³/mol. The number of methoxy groups -OCH3 is 2. The van der Waals surface area contributed by atoms with Crippen molar-refractivity contribution in [1.82, 2.24) is 4.90 Å². The van der Waals surface area contributed by atoms with Crippen LogP contribution in [0.15, 0.2) is 47.1 Å². The number of fused-ring (bicyclic) bond motifs is 1. The molecule has 33 heavy (non-hydrogen) atoms. The van der Waals surface area contributed by atoms with Crippen molar-refractivity contribution in [2.45, 2.75) is 29.6 Å². The first-order chi connectivity index (χ1) is 15.7. The van der Waals surface area contributed by atoms with E-state index in [0.717, 1.165) is 10.7 Å². The van der Waals surface area contributed by atoms with E-state index < -0.39 is 18.0 Å². The topological polar surface area (TPSA) is 85.4 Å². The quantitative estimate of drug-likeness (QED) is 0.558. The highest BCUT2D eigenvalue weighted by molar-refractivity contribution is 8.00. The number of esters is 2. The van der Waals surface area contributed by atoms with Gasteiger partial charge in [0, 0.05) is 24.9 Å². The Morgan fingerprint density at radius 3 is 2.58 bits per heavy atom. The van der Waals surface area contributed by atoms with Crippen molar-refractivity contribution in [3.05, 3.63) is 47.7 Å². The Bertz CT molecular complexity index is 974. The number of carbonyl (C=O) groups is 3. The van der Waals surface area contributed by atoms with Crippen LogP contribution in [0.25, 0.3) is 0 Å². The first kappa shape index (κ1) is 24.9. The maximum absolute atomic E-state index is 13.8. The van der Waals surface area contributed by atoms with Crippen molar-refractivity contribution in [1.29, 1.82) is 0 Å². The summed E-state index contributed by atoms with van der Waals surface area (Å²) in [6.07, 6.45) is 5.51. The molecule has 1 aromatic rings. The zero-order valence-corrected chi connectivity index (χ0v) is 20.4. The maximum Gasteiger partial charge on any atom is 0.337 e. The average molecular weight is 475 g/mol. The Morgan fingerprint density at radius 1 is 1.24 bits per heavy atom. The van der Waals surface area contributed by atoms with Crippen molar-refractivity contribution < 1.29 is 28.6 Å². The van der Waals surface area contributed by atoms with Gasteiger partial charge in [-0.15, -0.1) is 11.8 Å². The molecule has 1 aliphatic heterocycles. The first-order valence-electron chi connectivity index (χ1n) is 10.7. The lowest BCUT2D eigenvalue weighted by Crippen LogP contribution is -2.48. The Hall–Kier alpha value is -2.78. The van der Waals surface area contributed by atoms with Gasteiger partial charge in [0.25, 0.3) is 5.91 Å². The van der Waals surface area contributed by atoms with Crippen LogP contribution in [0.4, 0.5) is 5.69 Å². The third-order valence-electron chi connectivity index (χ3n) is 5.56. The van der Waals surface area contributed by atoms with E-state index in [9.17, 15) is 14.4 Å². The second kappa shape index (κ2) is 10.9. The number of anilines is 1. The molecule has 3 atom stereocenters. The number of likely N-dealkylation sites (N-methyl/N-ethyl adjacent to an activating group) is 1. The van der Waals surface area contributed by atoms with E-state index in [1.165, 1.54) is 25.8 Å². The molecule has 1 aliphatic carbocycles. The summed E-state index contributed by atoms with van der Waals surface area (Å²) in [6, 6.07) is 5.19. The molecule has 0 N–H and O–H groups in total. The molecule has 0 saturated heterocycles. The first-order valence-corrected chi connectivity index (χ1v) is 11.6. The highest BCUT2D eigenvalue weighted by Crippen LogP contribution is 2.44. The fourth-order valence-electron chi connectivity index (χ4n) is 3.85. The summed E-state index contributed by atoms with van der Waals surface area (Å²) in [5, 5.41) is -0.348. The third kappa shape index (κ3) is 5.78. The minimum atomic E-state index is -0.976. The lowest BCUT2D eigenvalue weighted by atomic mass is 9.92. The molecule has 0 bridgehead atoms. The number of hydrogen-bond donors (Lipinski definition) is 0. The van der Waals surface area contributed by atoms with E-state index in [2.05, 4.69) is 0 Å². The van der Waals surface area contributed by atoms with Gasteiger partial charge in [0.15, 0.2) is 6.10 Å². The molecule has 1 heterocycles. The van der Waals surface area contributed by atoms with Crippen molar-refractivity contribution in [2.75, 3.05) is 46.3 Å². The van der Waals surface area contributed by atoms with Gasteiger partial charge in [-0.1, -0.05) is 6.08 Å². The molecule has 0 aromatic heterocycles. The summed E-state index contributed by atoms with van der Waals surface area (Å²) in [5.74, 6) is -0.589. The molecule has 2 aliphatic rings. The minimum Gasteiger partial charge on any atom is -0.497 e. The van der Waals surface area contributed by atoms with Crippen LogP contribution < -0.4 is 4.90 Å². The summed E-state index contributed by atoms with van der Waals surface area (Å²) in [7, 11) is 6.77. The molecule has 1 aromatic carbocycles. The van der Waals surface area contributed by atoms with Crippen LogP contribution in [0.5, 0.6) is 0 Å². The summed E-state index contributed by atoms with van der Waals surface area (Å²) < 4.78 is 15.8. The molecular weight excluding hydrogens is 444 g/mol. The number of hydrogen-bond acceptors (Lipinski definition) is 8. The molecule has 3 rings (SSSR count). The van der Waals surface area contributed by atoms with Crippen LogP contribution in [0.2, 0.25) is 0 Å². The second-order valence-corrected chi connectivity index (χ2v) is 9.37. The standard InChI is InChI=1S/C24H30N2O6S/c1-15(27)32-21-22(16-6-9-18(30-4)10-7-16)33-20-11-8-17(24(29)31-5)14-19(20)26(23(21)28)13-12-25(2)3/h6,8-11,14,16,21-22H,7,12-13H2,1-5H3/t16?,21-,22+/m1/s1. The van der Waals surface area contributed by atoms with Crippen LogP contribution in [0.1, 0.15) is 23.7 Å². The largest absolute Gasteiger partial charge is 0.497 e. The van der Waals surface area contributed by atoms with Gasteiger partial charge < -0.3 is 24.0 Å². The number of nitrogens with zero attached hydrogens (tertiary/aromatic N) is 2. The molecule has 0 spiro atoms. The van der Waals surface area contributed by atoms with Gasteiger partial charge in [-0.3, -0.25) is 9.59 Å². The number of amides is 1. The summed E-state index contributed by atoms with van der Waals surface area (Å²) in [5.41, 5.74) is 0.967. The number of benzene rings is 1. The van der Waals surface area contributed by atoms with Gasteiger partial charge in [0.1, 0.15) is 5.76 Å². The Balaban J connectivity index is 2.07.